The van der Waals surface area contributed by atoms with Crippen molar-refractivity contribution in [2.24, 2.45) is 0 Å². The molecule has 0 aliphatic rings. The fourth-order valence-electron chi connectivity index (χ4n) is 1.68. The molecule has 0 aliphatic heterocycles. The highest BCUT2D eigenvalue weighted by atomic mass is 79.9. The summed E-state index contributed by atoms with van der Waals surface area (Å²) in [7, 11) is 0. The summed E-state index contributed by atoms with van der Waals surface area (Å²) in [5.74, 6) is -0.0689. The van der Waals surface area contributed by atoms with E-state index < -0.39 is 0 Å². The van der Waals surface area contributed by atoms with Crippen molar-refractivity contribution in [1.82, 2.24) is 14.8 Å². The highest BCUT2D eigenvalue weighted by molar-refractivity contribution is 9.10. The Morgan fingerprint density at radius 3 is 2.61 bits per heavy atom. The minimum Gasteiger partial charge on any atom is -0.287 e. The fourth-order valence-corrected chi connectivity index (χ4v) is 2.14. The SMILES string of the molecule is Cc1ccc(C(=O)c2c(Br)cnn2C(C)C)cn1. The van der Waals surface area contributed by atoms with Gasteiger partial charge in [-0.15, -0.1) is 0 Å². The van der Waals surface area contributed by atoms with E-state index in [1.165, 1.54) is 0 Å². The summed E-state index contributed by atoms with van der Waals surface area (Å²) < 4.78 is 2.42. The van der Waals surface area contributed by atoms with Crippen LogP contribution in [0.3, 0.4) is 0 Å². The Balaban J connectivity index is 2.45. The maximum Gasteiger partial charge on any atom is 0.213 e. The standard InChI is InChI=1S/C13H14BrN3O/c1-8(2)17-12(11(14)7-16-17)13(18)10-5-4-9(3)15-6-10/h4-8H,1-3H3. The number of pyridine rings is 1. The molecule has 2 aromatic rings. The van der Waals surface area contributed by atoms with Crippen LogP contribution in [-0.2, 0) is 0 Å². The van der Waals surface area contributed by atoms with Gasteiger partial charge in [0.1, 0.15) is 5.69 Å². The van der Waals surface area contributed by atoms with Crippen LogP contribution in [-0.4, -0.2) is 20.5 Å². The van der Waals surface area contributed by atoms with E-state index in [2.05, 4.69) is 26.0 Å². The molecule has 0 spiro atoms. The summed E-state index contributed by atoms with van der Waals surface area (Å²) in [6, 6.07) is 3.75. The second kappa shape index (κ2) is 5.02. The first kappa shape index (κ1) is 13.0. The number of hydrogen-bond acceptors (Lipinski definition) is 3. The molecular formula is C13H14BrN3O. The van der Waals surface area contributed by atoms with Crippen LogP contribution < -0.4 is 0 Å². The Hall–Kier alpha value is -1.49. The number of aryl methyl sites for hydroxylation is 1. The molecule has 0 unspecified atom stereocenters. The quantitative estimate of drug-likeness (QED) is 0.818. The number of nitrogens with zero attached hydrogens (tertiary/aromatic N) is 3. The monoisotopic (exact) mass is 307 g/mol. The van der Waals surface area contributed by atoms with E-state index >= 15 is 0 Å². The maximum absolute atomic E-state index is 12.4. The molecule has 0 N–H and O–H groups in total. The van der Waals surface area contributed by atoms with Gasteiger partial charge in [0, 0.05) is 23.5 Å². The molecule has 2 aromatic heterocycles. The Labute approximate surface area is 114 Å². The third kappa shape index (κ3) is 2.36. The van der Waals surface area contributed by atoms with Crippen molar-refractivity contribution in [2.45, 2.75) is 26.8 Å². The topological polar surface area (TPSA) is 47.8 Å². The minimum atomic E-state index is -0.0689. The van der Waals surface area contributed by atoms with Crippen LogP contribution in [0.15, 0.2) is 29.0 Å². The van der Waals surface area contributed by atoms with Crippen LogP contribution in [0.25, 0.3) is 0 Å². The molecule has 2 rings (SSSR count). The van der Waals surface area contributed by atoms with Gasteiger partial charge in [-0.2, -0.15) is 5.10 Å². The van der Waals surface area contributed by atoms with Crippen molar-refractivity contribution >= 4 is 21.7 Å². The van der Waals surface area contributed by atoms with Gasteiger partial charge in [-0.05, 0) is 48.8 Å². The van der Waals surface area contributed by atoms with Crippen molar-refractivity contribution in [3.05, 3.63) is 46.0 Å². The first-order valence-electron chi connectivity index (χ1n) is 5.71. The molecule has 18 heavy (non-hydrogen) atoms. The van der Waals surface area contributed by atoms with Crippen LogP contribution in [0.5, 0.6) is 0 Å². The molecule has 0 bridgehead atoms. The summed E-state index contributed by atoms with van der Waals surface area (Å²) in [5.41, 5.74) is 2.03. The molecule has 0 aliphatic carbocycles. The molecular weight excluding hydrogens is 294 g/mol. The molecule has 0 saturated carbocycles. The summed E-state index contributed by atoms with van der Waals surface area (Å²) in [6.45, 7) is 5.87. The van der Waals surface area contributed by atoms with Gasteiger partial charge < -0.3 is 0 Å². The predicted octanol–water partition coefficient (Wildman–Crippen LogP) is 3.16. The number of ketones is 1. The van der Waals surface area contributed by atoms with E-state index in [0.29, 0.717) is 15.7 Å². The summed E-state index contributed by atoms with van der Waals surface area (Å²) in [6.07, 6.45) is 3.25. The predicted molar refractivity (Wildman–Crippen MR) is 72.7 cm³/mol. The van der Waals surface area contributed by atoms with Gasteiger partial charge in [0.15, 0.2) is 0 Å². The molecule has 0 fully saturated rings. The largest absolute Gasteiger partial charge is 0.287 e. The molecule has 4 nitrogen and oxygen atoms in total. The summed E-state index contributed by atoms with van der Waals surface area (Å²) >= 11 is 3.37. The van der Waals surface area contributed by atoms with Gasteiger partial charge in [-0.3, -0.25) is 14.5 Å². The van der Waals surface area contributed by atoms with Crippen molar-refractivity contribution in [1.29, 1.82) is 0 Å². The fraction of sp³-hybridized carbons (Fsp3) is 0.308. The number of carbonyl (C=O) groups is 1. The van der Waals surface area contributed by atoms with E-state index in [0.717, 1.165) is 5.69 Å². The van der Waals surface area contributed by atoms with Crippen molar-refractivity contribution in [3.63, 3.8) is 0 Å². The molecule has 2 heterocycles. The Bertz CT molecular complexity index is 572. The van der Waals surface area contributed by atoms with E-state index in [1.807, 2.05) is 26.8 Å². The van der Waals surface area contributed by atoms with Gasteiger partial charge in [0.2, 0.25) is 5.78 Å². The first-order chi connectivity index (χ1) is 8.50. The lowest BCUT2D eigenvalue weighted by Crippen LogP contribution is -2.14. The Kier molecular flexibility index (Phi) is 3.61. The smallest absolute Gasteiger partial charge is 0.213 e. The van der Waals surface area contributed by atoms with Crippen LogP contribution in [0, 0.1) is 6.92 Å². The Morgan fingerprint density at radius 1 is 1.33 bits per heavy atom. The molecule has 0 radical (unpaired) electrons. The van der Waals surface area contributed by atoms with Crippen molar-refractivity contribution in [3.8, 4) is 0 Å². The zero-order valence-corrected chi connectivity index (χ0v) is 12.1. The third-order valence-corrected chi connectivity index (χ3v) is 3.21. The van der Waals surface area contributed by atoms with E-state index in [1.54, 1.807) is 23.1 Å². The number of carbonyl (C=O) groups excluding carboxylic acids is 1. The van der Waals surface area contributed by atoms with Gasteiger partial charge in [-0.25, -0.2) is 0 Å². The van der Waals surface area contributed by atoms with Gasteiger partial charge >= 0.3 is 0 Å². The Morgan fingerprint density at radius 2 is 2.06 bits per heavy atom. The van der Waals surface area contributed by atoms with E-state index in [9.17, 15) is 4.79 Å². The van der Waals surface area contributed by atoms with Crippen molar-refractivity contribution in [2.75, 3.05) is 0 Å². The molecule has 0 amide bonds. The zero-order chi connectivity index (χ0) is 13.3. The number of hydrogen-bond donors (Lipinski definition) is 0. The number of aromatic nitrogens is 3. The lowest BCUT2D eigenvalue weighted by Gasteiger charge is -2.10. The van der Waals surface area contributed by atoms with Crippen LogP contribution in [0.2, 0.25) is 0 Å². The number of halogens is 1. The lowest BCUT2D eigenvalue weighted by atomic mass is 10.1. The molecule has 5 heteroatoms. The average Bonchev–Trinajstić information content (AvgIpc) is 2.71. The van der Waals surface area contributed by atoms with E-state index in [-0.39, 0.29) is 11.8 Å². The maximum atomic E-state index is 12.4. The zero-order valence-electron chi connectivity index (χ0n) is 10.5. The second-order valence-corrected chi connectivity index (χ2v) is 5.25. The molecule has 0 aromatic carbocycles. The number of rotatable bonds is 3. The van der Waals surface area contributed by atoms with Gasteiger partial charge in [0.05, 0.1) is 10.7 Å². The van der Waals surface area contributed by atoms with Crippen LogP contribution in [0.1, 0.15) is 41.6 Å². The average molecular weight is 308 g/mol. The second-order valence-electron chi connectivity index (χ2n) is 4.40. The molecule has 94 valence electrons. The third-order valence-electron chi connectivity index (χ3n) is 2.63. The highest BCUT2D eigenvalue weighted by Gasteiger charge is 2.20. The van der Waals surface area contributed by atoms with Crippen LogP contribution >= 0.6 is 15.9 Å². The van der Waals surface area contributed by atoms with E-state index in [4.69, 9.17) is 0 Å². The molecule has 0 saturated heterocycles. The summed E-state index contributed by atoms with van der Waals surface area (Å²) in [5, 5.41) is 4.21. The van der Waals surface area contributed by atoms with Crippen molar-refractivity contribution < 1.29 is 4.79 Å². The first-order valence-corrected chi connectivity index (χ1v) is 6.50. The minimum absolute atomic E-state index is 0.0689. The highest BCUT2D eigenvalue weighted by Crippen LogP contribution is 2.22. The van der Waals surface area contributed by atoms with Gasteiger partial charge in [-0.1, -0.05) is 0 Å². The normalized spacial score (nSPS) is 10.9. The summed E-state index contributed by atoms with van der Waals surface area (Å²) in [4.78, 5) is 16.6. The molecule has 0 atom stereocenters. The lowest BCUT2D eigenvalue weighted by molar-refractivity contribution is 0.102. The van der Waals surface area contributed by atoms with Crippen LogP contribution in [0.4, 0.5) is 0 Å². The van der Waals surface area contributed by atoms with Gasteiger partial charge in [0.25, 0.3) is 0 Å².